The van der Waals surface area contributed by atoms with E-state index in [1.165, 1.54) is 6.33 Å². The fourth-order valence-electron chi connectivity index (χ4n) is 4.67. The van der Waals surface area contributed by atoms with E-state index >= 15 is 0 Å². The zero-order chi connectivity index (χ0) is 28.6. The summed E-state index contributed by atoms with van der Waals surface area (Å²) in [5.41, 5.74) is 4.61. The van der Waals surface area contributed by atoms with E-state index in [0.717, 1.165) is 0 Å². The molecule has 6 atom stereocenters. The van der Waals surface area contributed by atoms with Crippen molar-refractivity contribution in [1.29, 1.82) is 0 Å². The van der Waals surface area contributed by atoms with E-state index in [4.69, 9.17) is 19.9 Å². The van der Waals surface area contributed by atoms with Gasteiger partial charge in [-0.2, -0.15) is 5.10 Å². The van der Waals surface area contributed by atoms with Gasteiger partial charge in [0.1, 0.15) is 18.0 Å². The van der Waals surface area contributed by atoms with Gasteiger partial charge in [0.2, 0.25) is 5.91 Å². The fourth-order valence-corrected chi connectivity index (χ4v) is 5.98. The average molecular weight is 556 g/mol. The van der Waals surface area contributed by atoms with E-state index in [1.807, 2.05) is 13.8 Å². The van der Waals surface area contributed by atoms with Gasteiger partial charge in [-0.3, -0.25) is 19.5 Å². The molecule has 6 unspecified atom stereocenters. The van der Waals surface area contributed by atoms with Crippen molar-refractivity contribution in [3.05, 3.63) is 6.33 Å². The maximum Gasteiger partial charge on any atom is 0.408 e. The number of alkyl carbamates (subject to hydrolysis) is 1. The minimum absolute atomic E-state index is 0.0403. The van der Waals surface area contributed by atoms with Crippen LogP contribution in [0.15, 0.2) is 11.5 Å². The quantitative estimate of drug-likeness (QED) is 0.287. The summed E-state index contributed by atoms with van der Waals surface area (Å²) in [6, 6.07) is -0.671. The number of thioether (sulfide) groups is 1. The van der Waals surface area contributed by atoms with Gasteiger partial charge in [0.25, 0.3) is 0 Å². The molecule has 12 nitrogen and oxygen atoms in total. The number of hydrogen-bond donors (Lipinski definition) is 3. The molecule has 0 aliphatic heterocycles. The highest BCUT2D eigenvalue weighted by Gasteiger charge is 2.68. The summed E-state index contributed by atoms with van der Waals surface area (Å²) in [5, 5.41) is 9.97. The van der Waals surface area contributed by atoms with E-state index in [2.05, 4.69) is 20.5 Å². The van der Waals surface area contributed by atoms with Gasteiger partial charge in [-0.05, 0) is 65.2 Å². The first kappa shape index (κ1) is 31.4. The van der Waals surface area contributed by atoms with Crippen LogP contribution in [0.5, 0.6) is 0 Å². The van der Waals surface area contributed by atoms with Crippen LogP contribution >= 0.6 is 11.8 Å². The van der Waals surface area contributed by atoms with Crippen LogP contribution in [0.3, 0.4) is 0 Å². The number of nitrogens with two attached hydrogens (primary N) is 1. The van der Waals surface area contributed by atoms with Crippen LogP contribution in [0, 0.1) is 29.6 Å². The molecule has 4 N–H and O–H groups in total. The van der Waals surface area contributed by atoms with Crippen molar-refractivity contribution in [3.63, 3.8) is 0 Å². The lowest BCUT2D eigenvalue weighted by molar-refractivity contribution is -0.150. The van der Waals surface area contributed by atoms with E-state index in [0.29, 0.717) is 31.2 Å². The number of H-pyrrole nitrogens is 1. The first-order valence-corrected chi connectivity index (χ1v) is 13.8. The molecule has 1 aromatic rings. The van der Waals surface area contributed by atoms with Gasteiger partial charge in [-0.1, -0.05) is 25.6 Å². The summed E-state index contributed by atoms with van der Waals surface area (Å²) < 4.78 is 15.3. The number of amides is 2. The highest BCUT2D eigenvalue weighted by atomic mass is 32.2. The summed E-state index contributed by atoms with van der Waals surface area (Å²) in [6.07, 6.45) is 2.05. The minimum atomic E-state index is -0.671. The number of nitrogens with one attached hydrogen (secondary N) is 2. The second kappa shape index (κ2) is 13.8. The van der Waals surface area contributed by atoms with Crippen molar-refractivity contribution in [2.75, 3.05) is 13.2 Å². The molecular weight excluding hydrogens is 514 g/mol. The summed E-state index contributed by atoms with van der Waals surface area (Å²) in [4.78, 5) is 50.8. The molecule has 0 saturated heterocycles. The maximum atomic E-state index is 12.1. The van der Waals surface area contributed by atoms with Crippen molar-refractivity contribution in [2.24, 2.45) is 35.3 Å². The summed E-state index contributed by atoms with van der Waals surface area (Å²) in [6.45, 7) is 13.5. The molecule has 0 radical (unpaired) electrons. The Morgan fingerprint density at radius 1 is 1.13 bits per heavy atom. The van der Waals surface area contributed by atoms with Crippen LogP contribution in [-0.2, 0) is 28.6 Å². The van der Waals surface area contributed by atoms with E-state index in [1.54, 1.807) is 46.4 Å². The normalized spacial score (nSPS) is 24.4. The minimum Gasteiger partial charge on any atom is -0.466 e. The molecule has 3 rings (SSSR count). The van der Waals surface area contributed by atoms with E-state index < -0.39 is 23.6 Å². The highest BCUT2D eigenvalue weighted by molar-refractivity contribution is 7.99. The number of rotatable bonds is 10. The monoisotopic (exact) mass is 555 g/mol. The van der Waals surface area contributed by atoms with Gasteiger partial charge >= 0.3 is 18.0 Å². The van der Waals surface area contributed by atoms with Crippen molar-refractivity contribution >= 4 is 35.7 Å². The largest absolute Gasteiger partial charge is 0.466 e. The molecule has 0 aromatic carbocycles. The number of esters is 2. The number of ether oxygens (including phenoxy) is 3. The summed E-state index contributed by atoms with van der Waals surface area (Å²) in [5.74, 6) is -0.892. The van der Waals surface area contributed by atoms with Crippen LogP contribution in [0.4, 0.5) is 4.79 Å². The molecule has 214 valence electrons. The Kier molecular flexibility index (Phi) is 11.4. The number of primary amides is 1. The molecule has 13 heteroatoms. The summed E-state index contributed by atoms with van der Waals surface area (Å²) in [7, 11) is 0. The van der Waals surface area contributed by atoms with Crippen LogP contribution in [0.25, 0.3) is 0 Å². The predicted molar refractivity (Wildman–Crippen MR) is 140 cm³/mol. The number of carbonyl (C=O) groups excluding carboxylic acids is 4. The third kappa shape index (κ3) is 9.17. The number of fused-ring (bicyclic) bond motifs is 1. The predicted octanol–water partition coefficient (Wildman–Crippen LogP) is 2.68. The molecule has 2 aliphatic rings. The molecule has 0 spiro atoms. The molecule has 2 aliphatic carbocycles. The Labute approximate surface area is 227 Å². The zero-order valence-corrected chi connectivity index (χ0v) is 24.0. The number of aromatic amines is 1. The Morgan fingerprint density at radius 3 is 2.26 bits per heavy atom. The third-order valence-electron chi connectivity index (χ3n) is 6.06. The second-order valence-corrected chi connectivity index (χ2v) is 11.9. The Morgan fingerprint density at radius 2 is 1.76 bits per heavy atom. The Balaban J connectivity index is 0.000000284. The van der Waals surface area contributed by atoms with Gasteiger partial charge < -0.3 is 25.3 Å². The Bertz CT molecular complexity index is 950. The van der Waals surface area contributed by atoms with Crippen molar-refractivity contribution < 1.29 is 33.4 Å². The van der Waals surface area contributed by atoms with Crippen LogP contribution in [-0.4, -0.2) is 69.2 Å². The molecule has 1 heterocycles. The first-order valence-electron chi connectivity index (χ1n) is 12.9. The van der Waals surface area contributed by atoms with Gasteiger partial charge in [0.05, 0.1) is 25.0 Å². The first-order chi connectivity index (χ1) is 17.8. The van der Waals surface area contributed by atoms with Gasteiger partial charge in [-0.15, -0.1) is 0 Å². The van der Waals surface area contributed by atoms with E-state index in [-0.39, 0.29) is 46.8 Å². The second-order valence-electron chi connectivity index (χ2n) is 10.7. The highest BCUT2D eigenvalue weighted by Crippen LogP contribution is 2.64. The Hall–Kier alpha value is -2.83. The molecule has 0 bridgehead atoms. The fraction of sp³-hybridized carbons (Fsp3) is 0.760. The standard InChI is InChI=1S/C14H19N3O4S.C11H22N2O3/c1-3-20-12(18)7-5-8(22-14-15-6-16-17-14)10-9(7)11(10)13(19)21-4-2;1-7(2)6-8(9(12)14)13-10(15)16-11(3,4)5/h6-11H,3-5H2,1-2H3,(H,15,16,17);7-8H,6H2,1-5H3,(H2,12,14)(H,13,15). The molecule has 2 fully saturated rings. The van der Waals surface area contributed by atoms with Gasteiger partial charge in [0, 0.05) is 5.25 Å². The van der Waals surface area contributed by atoms with Crippen molar-refractivity contribution in [2.45, 2.75) is 83.4 Å². The molecule has 38 heavy (non-hydrogen) atoms. The maximum absolute atomic E-state index is 12.1. The average Bonchev–Trinajstić information content (AvgIpc) is 3.10. The topological polar surface area (TPSA) is 176 Å². The van der Waals surface area contributed by atoms with Crippen LogP contribution in [0.1, 0.15) is 61.3 Å². The SMILES string of the molecule is CC(C)CC(NC(=O)OC(C)(C)C)C(N)=O.CCOC(=O)C1CC(Sc2ncn[nH]2)C2C(C(=O)OCC)C12. The zero-order valence-electron chi connectivity index (χ0n) is 23.2. The number of aromatic nitrogens is 3. The molecular formula is C25H41N5O7S. The van der Waals surface area contributed by atoms with Crippen LogP contribution in [0.2, 0.25) is 0 Å². The lowest BCUT2D eigenvalue weighted by Crippen LogP contribution is -2.46. The lowest BCUT2D eigenvalue weighted by Gasteiger charge is -2.23. The number of hydrogen-bond acceptors (Lipinski definition) is 10. The smallest absolute Gasteiger partial charge is 0.408 e. The number of carbonyl (C=O) groups is 4. The van der Waals surface area contributed by atoms with E-state index in [9.17, 15) is 19.2 Å². The number of nitrogens with zero attached hydrogens (tertiary/aromatic N) is 2. The molecule has 2 saturated carbocycles. The molecule has 1 aromatic heterocycles. The van der Waals surface area contributed by atoms with Crippen molar-refractivity contribution in [3.8, 4) is 0 Å². The van der Waals surface area contributed by atoms with Gasteiger partial charge in [0.15, 0.2) is 5.16 Å². The van der Waals surface area contributed by atoms with Crippen LogP contribution < -0.4 is 11.1 Å². The molecule has 2 amide bonds. The summed E-state index contributed by atoms with van der Waals surface area (Å²) >= 11 is 1.54. The lowest BCUT2D eigenvalue weighted by atomic mass is 10.00. The van der Waals surface area contributed by atoms with Crippen molar-refractivity contribution in [1.82, 2.24) is 20.5 Å². The third-order valence-corrected chi connectivity index (χ3v) is 7.29. The van der Waals surface area contributed by atoms with Gasteiger partial charge in [-0.25, -0.2) is 9.78 Å².